The molecule has 2 atom stereocenters. The van der Waals surface area contributed by atoms with Crippen LogP contribution in [0.3, 0.4) is 0 Å². The van der Waals surface area contributed by atoms with Gasteiger partial charge < -0.3 is 14.8 Å². The minimum absolute atomic E-state index is 0.200. The summed E-state index contributed by atoms with van der Waals surface area (Å²) in [5.41, 5.74) is 3.12. The van der Waals surface area contributed by atoms with Gasteiger partial charge in [-0.15, -0.1) is 0 Å². The fourth-order valence-corrected chi connectivity index (χ4v) is 4.44. The second-order valence-electron chi connectivity index (χ2n) is 8.96. The molecule has 0 spiro atoms. The van der Waals surface area contributed by atoms with E-state index in [1.165, 1.54) is 4.68 Å². The summed E-state index contributed by atoms with van der Waals surface area (Å²) in [5, 5.41) is 7.67. The Balaban J connectivity index is 1.62. The molecule has 2 aromatic carbocycles. The molecule has 0 radical (unpaired) electrons. The van der Waals surface area contributed by atoms with Crippen molar-refractivity contribution in [2.75, 3.05) is 6.79 Å². The highest BCUT2D eigenvalue weighted by molar-refractivity contribution is 5.80. The van der Waals surface area contributed by atoms with Crippen molar-refractivity contribution in [3.05, 3.63) is 87.3 Å². The number of nitrogens with zero attached hydrogens (tertiary/aromatic N) is 2. The molecule has 1 unspecified atom stereocenters. The minimum Gasteiger partial charge on any atom is -0.454 e. The average Bonchev–Trinajstić information content (AvgIpc) is 3.34. The molecule has 0 fully saturated rings. The molecule has 0 aliphatic carbocycles. The Morgan fingerprint density at radius 3 is 2.60 bits per heavy atom. The van der Waals surface area contributed by atoms with Gasteiger partial charge in [-0.1, -0.05) is 63.1 Å². The molecule has 7 heteroatoms. The van der Waals surface area contributed by atoms with E-state index < -0.39 is 6.04 Å². The van der Waals surface area contributed by atoms with E-state index in [0.717, 1.165) is 24.0 Å². The van der Waals surface area contributed by atoms with Crippen molar-refractivity contribution in [3.63, 3.8) is 0 Å². The monoisotopic (exact) mass is 475 g/mol. The number of carbonyl (C=O) groups excluding carboxylic acids is 1. The highest BCUT2D eigenvalue weighted by Crippen LogP contribution is 2.35. The Kier molecular flexibility index (Phi) is 7.85. The maximum atomic E-state index is 13.6. The van der Waals surface area contributed by atoms with Gasteiger partial charge in [-0.2, -0.15) is 5.10 Å². The molecule has 1 N–H and O–H groups in total. The summed E-state index contributed by atoms with van der Waals surface area (Å²) in [5.74, 6) is 1.19. The quantitative estimate of drug-likeness (QED) is 0.452. The van der Waals surface area contributed by atoms with Gasteiger partial charge >= 0.3 is 0 Å². The van der Waals surface area contributed by atoms with E-state index in [1.807, 2.05) is 68.4 Å². The first kappa shape index (κ1) is 24.5. The summed E-state index contributed by atoms with van der Waals surface area (Å²) < 4.78 is 12.3. The molecule has 1 amide bonds. The van der Waals surface area contributed by atoms with Crippen LogP contribution in [0.5, 0.6) is 11.5 Å². The number of aryl methyl sites for hydroxylation is 1. The molecule has 0 saturated carbocycles. The van der Waals surface area contributed by atoms with Crippen LogP contribution in [-0.4, -0.2) is 22.5 Å². The normalized spacial score (nSPS) is 13.9. The van der Waals surface area contributed by atoms with Crippen molar-refractivity contribution in [1.82, 2.24) is 15.1 Å². The third-order valence-electron chi connectivity index (χ3n) is 6.32. The van der Waals surface area contributed by atoms with Crippen molar-refractivity contribution in [1.29, 1.82) is 0 Å². The predicted molar refractivity (Wildman–Crippen MR) is 135 cm³/mol. The maximum Gasteiger partial charge on any atom is 0.271 e. The van der Waals surface area contributed by atoms with Gasteiger partial charge in [0.1, 0.15) is 6.04 Å². The summed E-state index contributed by atoms with van der Waals surface area (Å²) in [6.07, 6.45) is 3.47. The van der Waals surface area contributed by atoms with E-state index in [1.54, 1.807) is 0 Å². The summed E-state index contributed by atoms with van der Waals surface area (Å²) >= 11 is 0. The number of amides is 1. The first-order chi connectivity index (χ1) is 17.0. The second kappa shape index (κ2) is 11.2. The molecule has 1 aliphatic rings. The van der Waals surface area contributed by atoms with Crippen molar-refractivity contribution < 1.29 is 14.3 Å². The zero-order valence-corrected chi connectivity index (χ0v) is 20.6. The van der Waals surface area contributed by atoms with Crippen molar-refractivity contribution in [3.8, 4) is 11.5 Å². The number of nitrogens with one attached hydrogen (secondary N) is 1. The molecular weight excluding hydrogens is 442 g/mol. The van der Waals surface area contributed by atoms with Gasteiger partial charge in [-0.05, 0) is 49.1 Å². The number of ether oxygens (including phenoxy) is 2. The summed E-state index contributed by atoms with van der Waals surface area (Å²) in [6, 6.07) is 16.5. The molecule has 7 nitrogen and oxygen atoms in total. The van der Waals surface area contributed by atoms with Crippen LogP contribution >= 0.6 is 0 Å². The van der Waals surface area contributed by atoms with Crippen LogP contribution in [0.15, 0.2) is 59.4 Å². The van der Waals surface area contributed by atoms with Crippen LogP contribution in [0.1, 0.15) is 74.0 Å². The van der Waals surface area contributed by atoms with Gasteiger partial charge in [-0.3, -0.25) is 9.59 Å². The van der Waals surface area contributed by atoms with Crippen molar-refractivity contribution >= 4 is 5.91 Å². The van der Waals surface area contributed by atoms with E-state index >= 15 is 0 Å². The molecule has 3 aromatic rings. The van der Waals surface area contributed by atoms with E-state index in [4.69, 9.17) is 9.47 Å². The summed E-state index contributed by atoms with van der Waals surface area (Å²) in [6.45, 7) is 6.16. The molecule has 1 aliphatic heterocycles. The largest absolute Gasteiger partial charge is 0.454 e. The van der Waals surface area contributed by atoms with Crippen molar-refractivity contribution in [2.45, 2.75) is 65.0 Å². The first-order valence-electron chi connectivity index (χ1n) is 12.3. The zero-order chi connectivity index (χ0) is 24.8. The van der Waals surface area contributed by atoms with Crippen molar-refractivity contribution in [2.24, 2.45) is 0 Å². The van der Waals surface area contributed by atoms with Crippen LogP contribution in [0.2, 0.25) is 0 Å². The van der Waals surface area contributed by atoms with Gasteiger partial charge in [0.15, 0.2) is 11.5 Å². The van der Waals surface area contributed by atoms with Gasteiger partial charge in [-0.25, -0.2) is 4.68 Å². The Morgan fingerprint density at radius 1 is 1.09 bits per heavy atom. The lowest BCUT2D eigenvalue weighted by Gasteiger charge is -2.24. The Hall–Kier alpha value is -3.61. The number of hydrogen-bond donors (Lipinski definition) is 1. The molecule has 0 saturated heterocycles. The molecule has 1 aromatic heterocycles. The predicted octanol–water partition coefficient (Wildman–Crippen LogP) is 4.87. The number of carbonyl (C=O) groups is 1. The lowest BCUT2D eigenvalue weighted by atomic mass is 10.0. The molecule has 4 rings (SSSR count). The molecule has 184 valence electrons. The number of benzene rings is 2. The first-order valence-corrected chi connectivity index (χ1v) is 12.3. The number of fused-ring (bicyclic) bond motifs is 1. The van der Waals surface area contributed by atoms with Crippen LogP contribution in [0, 0.1) is 6.92 Å². The van der Waals surface area contributed by atoms with E-state index in [9.17, 15) is 9.59 Å². The zero-order valence-electron chi connectivity index (χ0n) is 20.6. The molecule has 35 heavy (non-hydrogen) atoms. The number of hydrogen-bond acceptors (Lipinski definition) is 5. The number of unbranched alkanes of at least 4 members (excludes halogenated alkanes) is 1. The fraction of sp³-hybridized carbons (Fsp3) is 0.393. The highest BCUT2D eigenvalue weighted by Gasteiger charge is 2.27. The van der Waals surface area contributed by atoms with Crippen LogP contribution in [0.4, 0.5) is 0 Å². The Morgan fingerprint density at radius 2 is 1.86 bits per heavy atom. The summed E-state index contributed by atoms with van der Waals surface area (Å²) in [4.78, 5) is 27.1. The van der Waals surface area contributed by atoms with Gasteiger partial charge in [0, 0.05) is 12.0 Å². The van der Waals surface area contributed by atoms with Crippen LogP contribution < -0.4 is 20.3 Å². The third kappa shape index (κ3) is 5.73. The Bertz CT molecular complexity index is 1220. The second-order valence-corrected chi connectivity index (χ2v) is 8.96. The maximum absolute atomic E-state index is 13.6. The average molecular weight is 476 g/mol. The van der Waals surface area contributed by atoms with Crippen LogP contribution in [-0.2, 0) is 11.2 Å². The highest BCUT2D eigenvalue weighted by atomic mass is 16.7. The lowest BCUT2D eigenvalue weighted by Crippen LogP contribution is -2.41. The van der Waals surface area contributed by atoms with Crippen LogP contribution in [0.25, 0.3) is 0 Å². The minimum atomic E-state index is -0.681. The Labute approximate surface area is 206 Å². The topological polar surface area (TPSA) is 82.4 Å². The van der Waals surface area contributed by atoms with E-state index in [-0.39, 0.29) is 24.3 Å². The number of rotatable bonds is 10. The smallest absolute Gasteiger partial charge is 0.271 e. The van der Waals surface area contributed by atoms with Gasteiger partial charge in [0.05, 0.1) is 11.7 Å². The van der Waals surface area contributed by atoms with Gasteiger partial charge in [0.25, 0.3) is 5.56 Å². The molecular formula is C28H33N3O4. The molecule has 2 heterocycles. The fourth-order valence-electron chi connectivity index (χ4n) is 4.44. The standard InChI is InChI=1S/C28H33N3O4/c1-4-6-12-24(27(32)29-23(5-2)21-13-14-25-26(17-21)35-18-34-25)31-28(33)22(15-19(3)30-31)16-20-10-8-7-9-11-20/h7-11,13-15,17,23-24H,4-6,12,16,18H2,1-3H3,(H,29,32)/t23-,24?/m0/s1. The number of aromatic nitrogens is 2. The van der Waals surface area contributed by atoms with E-state index in [0.29, 0.717) is 42.0 Å². The lowest BCUT2D eigenvalue weighted by molar-refractivity contribution is -0.125. The summed E-state index contributed by atoms with van der Waals surface area (Å²) in [7, 11) is 0. The third-order valence-corrected chi connectivity index (χ3v) is 6.32. The van der Waals surface area contributed by atoms with E-state index in [2.05, 4.69) is 17.3 Å². The molecule has 0 bridgehead atoms. The van der Waals surface area contributed by atoms with Gasteiger partial charge in [0.2, 0.25) is 12.7 Å². The SMILES string of the molecule is CCCCC(C(=O)N[C@@H](CC)c1ccc2c(c1)OCO2)n1nc(C)cc(Cc2ccccc2)c1=O.